The van der Waals surface area contributed by atoms with E-state index < -0.39 is 6.09 Å². The zero-order valence-electron chi connectivity index (χ0n) is 12.1. The summed E-state index contributed by atoms with van der Waals surface area (Å²) in [6.45, 7) is 2.94. The SMILES string of the molecule is CCCCCCOc1ccc(/C=N\NC(=O)OC)cc1. The van der Waals surface area contributed by atoms with Gasteiger partial charge >= 0.3 is 6.09 Å². The number of carbonyl (C=O) groups is 1. The van der Waals surface area contributed by atoms with Gasteiger partial charge in [0.05, 0.1) is 19.9 Å². The highest BCUT2D eigenvalue weighted by Gasteiger charge is 1.96. The van der Waals surface area contributed by atoms with Crippen molar-refractivity contribution in [3.63, 3.8) is 0 Å². The molecule has 0 aromatic heterocycles. The van der Waals surface area contributed by atoms with E-state index in [0.717, 1.165) is 24.3 Å². The normalized spacial score (nSPS) is 10.5. The van der Waals surface area contributed by atoms with Crippen LogP contribution in [0, 0.1) is 0 Å². The van der Waals surface area contributed by atoms with Gasteiger partial charge in [-0.05, 0) is 36.2 Å². The Bertz CT molecular complexity index is 416. The number of unbranched alkanes of at least 4 members (excludes halogenated alkanes) is 3. The monoisotopic (exact) mass is 278 g/mol. The lowest BCUT2D eigenvalue weighted by Crippen LogP contribution is -2.16. The maximum Gasteiger partial charge on any atom is 0.427 e. The first kappa shape index (κ1) is 16.0. The fraction of sp³-hybridized carbons (Fsp3) is 0.467. The van der Waals surface area contributed by atoms with Crippen molar-refractivity contribution in [3.05, 3.63) is 29.8 Å². The number of nitrogens with zero attached hydrogens (tertiary/aromatic N) is 1. The molecule has 20 heavy (non-hydrogen) atoms. The molecule has 0 aliphatic rings. The van der Waals surface area contributed by atoms with Crippen LogP contribution < -0.4 is 10.2 Å². The van der Waals surface area contributed by atoms with Crippen molar-refractivity contribution in [1.82, 2.24) is 5.43 Å². The van der Waals surface area contributed by atoms with E-state index in [2.05, 4.69) is 22.2 Å². The first-order chi connectivity index (χ1) is 9.76. The molecular weight excluding hydrogens is 256 g/mol. The van der Waals surface area contributed by atoms with Gasteiger partial charge in [0, 0.05) is 0 Å². The lowest BCUT2D eigenvalue weighted by molar-refractivity contribution is 0.171. The standard InChI is InChI=1S/C15H22N2O3/c1-3-4-5-6-11-20-14-9-7-13(8-10-14)12-16-17-15(18)19-2/h7-10,12H,3-6,11H2,1-2H3,(H,17,18)/b16-12-. The molecule has 1 amide bonds. The molecule has 0 saturated carbocycles. The van der Waals surface area contributed by atoms with Gasteiger partial charge in [0.25, 0.3) is 0 Å². The average molecular weight is 278 g/mol. The van der Waals surface area contributed by atoms with E-state index >= 15 is 0 Å². The van der Waals surface area contributed by atoms with Crippen LogP contribution in [0.3, 0.4) is 0 Å². The number of ether oxygens (including phenoxy) is 2. The Labute approximate surface area is 120 Å². The lowest BCUT2D eigenvalue weighted by atomic mass is 10.2. The minimum absolute atomic E-state index is 0.590. The summed E-state index contributed by atoms with van der Waals surface area (Å²) in [5.74, 6) is 0.847. The number of benzene rings is 1. The number of hydrogen-bond acceptors (Lipinski definition) is 4. The van der Waals surface area contributed by atoms with Gasteiger partial charge < -0.3 is 9.47 Å². The number of amides is 1. The van der Waals surface area contributed by atoms with E-state index in [9.17, 15) is 4.79 Å². The topological polar surface area (TPSA) is 59.9 Å². The molecule has 0 saturated heterocycles. The van der Waals surface area contributed by atoms with Crippen molar-refractivity contribution in [2.45, 2.75) is 32.6 Å². The zero-order valence-corrected chi connectivity index (χ0v) is 12.1. The summed E-state index contributed by atoms with van der Waals surface area (Å²) in [6, 6.07) is 7.53. The van der Waals surface area contributed by atoms with Crippen LogP contribution in [-0.2, 0) is 4.74 Å². The Morgan fingerprint density at radius 2 is 2.00 bits per heavy atom. The van der Waals surface area contributed by atoms with Gasteiger partial charge in [-0.1, -0.05) is 26.2 Å². The van der Waals surface area contributed by atoms with Gasteiger partial charge in [0.2, 0.25) is 0 Å². The van der Waals surface area contributed by atoms with Crippen LogP contribution in [0.25, 0.3) is 0 Å². The quantitative estimate of drug-likeness (QED) is 0.451. The maximum atomic E-state index is 10.8. The molecule has 0 fully saturated rings. The van der Waals surface area contributed by atoms with Crippen LogP contribution in [0.5, 0.6) is 5.75 Å². The smallest absolute Gasteiger partial charge is 0.427 e. The highest BCUT2D eigenvalue weighted by Crippen LogP contribution is 2.12. The number of methoxy groups -OCH3 is 1. The predicted molar refractivity (Wildman–Crippen MR) is 79.2 cm³/mol. The Morgan fingerprint density at radius 1 is 1.25 bits per heavy atom. The molecule has 0 unspecified atom stereocenters. The van der Waals surface area contributed by atoms with Gasteiger partial charge in [-0.2, -0.15) is 5.10 Å². The number of carbonyl (C=O) groups excluding carboxylic acids is 1. The Balaban J connectivity index is 2.31. The van der Waals surface area contributed by atoms with Gasteiger partial charge in [-0.15, -0.1) is 0 Å². The van der Waals surface area contributed by atoms with Crippen LogP contribution in [-0.4, -0.2) is 26.0 Å². The molecule has 1 rings (SSSR count). The second-order valence-electron chi connectivity index (χ2n) is 4.34. The maximum absolute atomic E-state index is 10.8. The first-order valence-corrected chi connectivity index (χ1v) is 6.86. The van der Waals surface area contributed by atoms with Crippen LogP contribution in [0.2, 0.25) is 0 Å². The predicted octanol–water partition coefficient (Wildman–Crippen LogP) is 3.34. The molecule has 5 heteroatoms. The summed E-state index contributed by atoms with van der Waals surface area (Å²) in [7, 11) is 1.29. The molecule has 1 N–H and O–H groups in total. The van der Waals surface area contributed by atoms with Crippen molar-refractivity contribution in [2.75, 3.05) is 13.7 Å². The van der Waals surface area contributed by atoms with Gasteiger partial charge in [0.1, 0.15) is 5.75 Å². The molecule has 0 bridgehead atoms. The van der Waals surface area contributed by atoms with E-state index in [0.29, 0.717) is 0 Å². The number of nitrogens with one attached hydrogen (secondary N) is 1. The number of hydrazone groups is 1. The molecule has 1 aromatic carbocycles. The molecule has 0 spiro atoms. The summed E-state index contributed by atoms with van der Waals surface area (Å²) in [4.78, 5) is 10.8. The molecule has 0 aliphatic carbocycles. The molecule has 0 radical (unpaired) electrons. The minimum atomic E-state index is -0.590. The first-order valence-electron chi connectivity index (χ1n) is 6.86. The zero-order chi connectivity index (χ0) is 14.6. The van der Waals surface area contributed by atoms with E-state index in [-0.39, 0.29) is 0 Å². The fourth-order valence-corrected chi connectivity index (χ4v) is 1.57. The van der Waals surface area contributed by atoms with Crippen molar-refractivity contribution < 1.29 is 14.3 Å². The molecule has 1 aromatic rings. The highest BCUT2D eigenvalue weighted by atomic mass is 16.5. The fourth-order valence-electron chi connectivity index (χ4n) is 1.57. The summed E-state index contributed by atoms with van der Waals surface area (Å²) in [6.07, 6.45) is 5.73. The van der Waals surface area contributed by atoms with Gasteiger partial charge in [-0.3, -0.25) is 0 Å². The van der Waals surface area contributed by atoms with Crippen molar-refractivity contribution in [1.29, 1.82) is 0 Å². The third-order valence-corrected chi connectivity index (χ3v) is 2.70. The van der Waals surface area contributed by atoms with Crippen molar-refractivity contribution in [3.8, 4) is 5.75 Å². The van der Waals surface area contributed by atoms with E-state index in [1.54, 1.807) is 6.21 Å². The van der Waals surface area contributed by atoms with Crippen LogP contribution in [0.4, 0.5) is 4.79 Å². The van der Waals surface area contributed by atoms with E-state index in [1.807, 2.05) is 24.3 Å². The van der Waals surface area contributed by atoms with E-state index in [1.165, 1.54) is 26.4 Å². The summed E-state index contributed by atoms with van der Waals surface area (Å²) in [5, 5.41) is 3.75. The molecule has 0 heterocycles. The summed E-state index contributed by atoms with van der Waals surface area (Å²) in [5.41, 5.74) is 3.10. The van der Waals surface area contributed by atoms with Crippen molar-refractivity contribution >= 4 is 12.3 Å². The van der Waals surface area contributed by atoms with E-state index in [4.69, 9.17) is 4.74 Å². The molecule has 0 aliphatic heterocycles. The largest absolute Gasteiger partial charge is 0.494 e. The van der Waals surface area contributed by atoms with Crippen LogP contribution >= 0.6 is 0 Å². The molecule has 110 valence electrons. The molecule has 0 atom stereocenters. The lowest BCUT2D eigenvalue weighted by Gasteiger charge is -2.05. The summed E-state index contributed by atoms with van der Waals surface area (Å²) < 4.78 is 10.0. The van der Waals surface area contributed by atoms with Gasteiger partial charge in [0.15, 0.2) is 0 Å². The third-order valence-electron chi connectivity index (χ3n) is 2.70. The Morgan fingerprint density at radius 3 is 2.65 bits per heavy atom. The Kier molecular flexibility index (Phi) is 7.87. The minimum Gasteiger partial charge on any atom is -0.494 e. The molecular formula is C15H22N2O3. The average Bonchev–Trinajstić information content (AvgIpc) is 2.48. The number of hydrogen-bond donors (Lipinski definition) is 1. The number of rotatable bonds is 8. The third kappa shape index (κ3) is 6.78. The second-order valence-corrected chi connectivity index (χ2v) is 4.34. The van der Waals surface area contributed by atoms with Crippen LogP contribution in [0.15, 0.2) is 29.4 Å². The van der Waals surface area contributed by atoms with Crippen molar-refractivity contribution in [2.24, 2.45) is 5.10 Å². The summed E-state index contributed by atoms with van der Waals surface area (Å²) >= 11 is 0. The second kappa shape index (κ2) is 9.83. The molecule has 5 nitrogen and oxygen atoms in total. The van der Waals surface area contributed by atoms with Gasteiger partial charge in [-0.25, -0.2) is 10.2 Å². The van der Waals surface area contributed by atoms with Crippen LogP contribution in [0.1, 0.15) is 38.2 Å². The highest BCUT2D eigenvalue weighted by molar-refractivity contribution is 5.80. The Hall–Kier alpha value is -2.04.